The molecule has 0 spiro atoms. The highest BCUT2D eigenvalue weighted by atomic mass is 16.6. The fraction of sp³-hybridized carbons (Fsp3) is 0.333. The van der Waals surface area contributed by atoms with Crippen molar-refractivity contribution in [2.24, 2.45) is 0 Å². The largest absolute Gasteiger partial charge is 0.486 e. The van der Waals surface area contributed by atoms with Gasteiger partial charge in [-0.05, 0) is 43.2 Å². The van der Waals surface area contributed by atoms with Crippen LogP contribution in [0.3, 0.4) is 0 Å². The first-order chi connectivity index (χ1) is 15.1. The number of carbonyl (C=O) groups excluding carboxylic acids is 1. The normalized spacial score (nSPS) is 13.6. The second kappa shape index (κ2) is 9.22. The predicted octanol–water partition coefficient (Wildman–Crippen LogP) is 3.71. The summed E-state index contributed by atoms with van der Waals surface area (Å²) in [5, 5.41) is 20.2. The van der Waals surface area contributed by atoms with E-state index in [1.165, 1.54) is 0 Å². The van der Waals surface area contributed by atoms with Crippen LogP contribution in [-0.4, -0.2) is 47.1 Å². The fourth-order valence-electron chi connectivity index (χ4n) is 3.72. The molecule has 2 aromatic carbocycles. The molecule has 0 fully saturated rings. The molecule has 1 aliphatic heterocycles. The van der Waals surface area contributed by atoms with Crippen molar-refractivity contribution in [1.82, 2.24) is 15.5 Å². The zero-order chi connectivity index (χ0) is 21.8. The number of nitrogens with zero attached hydrogens (tertiary/aromatic N) is 1. The van der Waals surface area contributed by atoms with Crippen LogP contribution in [0.25, 0.3) is 22.4 Å². The van der Waals surface area contributed by atoms with Gasteiger partial charge in [-0.1, -0.05) is 31.5 Å². The Balaban J connectivity index is 1.55. The van der Waals surface area contributed by atoms with Crippen LogP contribution >= 0.6 is 0 Å². The number of benzene rings is 2. The second-order valence-electron chi connectivity index (χ2n) is 7.66. The summed E-state index contributed by atoms with van der Waals surface area (Å²) >= 11 is 0. The Labute approximate surface area is 181 Å². The number of aryl methyl sites for hydroxylation is 1. The molecule has 4 rings (SSSR count). The SMILES string of the molecule is CCCC(O)CNC(=O)c1ccc(-c2n[nH]c(C)c2-c2ccc3c(c2)OCCO3)cc1. The van der Waals surface area contributed by atoms with Crippen LogP contribution in [0.15, 0.2) is 42.5 Å². The Morgan fingerprint density at radius 3 is 2.58 bits per heavy atom. The van der Waals surface area contributed by atoms with Crippen molar-refractivity contribution in [2.45, 2.75) is 32.8 Å². The Kier molecular flexibility index (Phi) is 6.23. The summed E-state index contributed by atoms with van der Waals surface area (Å²) in [6, 6.07) is 13.2. The molecular weight excluding hydrogens is 394 g/mol. The van der Waals surface area contributed by atoms with E-state index in [1.807, 2.05) is 44.2 Å². The van der Waals surface area contributed by atoms with Crippen LogP contribution in [-0.2, 0) is 0 Å². The Morgan fingerprint density at radius 2 is 1.84 bits per heavy atom. The van der Waals surface area contributed by atoms with E-state index in [4.69, 9.17) is 9.47 Å². The number of hydrogen-bond donors (Lipinski definition) is 3. The summed E-state index contributed by atoms with van der Waals surface area (Å²) in [7, 11) is 0. The van der Waals surface area contributed by atoms with Gasteiger partial charge >= 0.3 is 0 Å². The van der Waals surface area contributed by atoms with Crippen LogP contribution in [0.2, 0.25) is 0 Å². The molecule has 1 amide bonds. The highest BCUT2D eigenvalue weighted by Crippen LogP contribution is 2.38. The first kappa shape index (κ1) is 20.9. The number of nitrogens with one attached hydrogen (secondary N) is 2. The molecule has 0 saturated carbocycles. The number of aromatic nitrogens is 2. The van der Waals surface area contributed by atoms with Crippen molar-refractivity contribution >= 4 is 5.91 Å². The summed E-state index contributed by atoms with van der Waals surface area (Å²) < 4.78 is 11.3. The lowest BCUT2D eigenvalue weighted by Crippen LogP contribution is -2.31. The average molecular weight is 421 g/mol. The first-order valence-corrected chi connectivity index (χ1v) is 10.6. The molecule has 31 heavy (non-hydrogen) atoms. The van der Waals surface area contributed by atoms with Crippen molar-refractivity contribution in [3.63, 3.8) is 0 Å². The molecule has 3 N–H and O–H groups in total. The predicted molar refractivity (Wildman–Crippen MR) is 118 cm³/mol. The van der Waals surface area contributed by atoms with Crippen molar-refractivity contribution in [3.8, 4) is 33.9 Å². The van der Waals surface area contributed by atoms with Gasteiger partial charge in [0.15, 0.2) is 11.5 Å². The molecule has 1 atom stereocenters. The average Bonchev–Trinajstić information content (AvgIpc) is 3.18. The Hall–Kier alpha value is -3.32. The summed E-state index contributed by atoms with van der Waals surface area (Å²) in [5.74, 6) is 1.27. The van der Waals surface area contributed by atoms with Gasteiger partial charge in [-0.25, -0.2) is 0 Å². The number of fused-ring (bicyclic) bond motifs is 1. The number of aliphatic hydroxyl groups excluding tert-OH is 1. The third-order valence-corrected chi connectivity index (χ3v) is 5.32. The van der Waals surface area contributed by atoms with Crippen LogP contribution < -0.4 is 14.8 Å². The maximum Gasteiger partial charge on any atom is 0.251 e. The Bertz CT molecular complexity index is 1060. The topological polar surface area (TPSA) is 96.5 Å². The number of rotatable bonds is 7. The van der Waals surface area contributed by atoms with E-state index in [2.05, 4.69) is 15.5 Å². The smallest absolute Gasteiger partial charge is 0.251 e. The van der Waals surface area contributed by atoms with Crippen LogP contribution in [0.5, 0.6) is 11.5 Å². The van der Waals surface area contributed by atoms with Gasteiger partial charge in [0, 0.05) is 28.9 Å². The maximum absolute atomic E-state index is 12.4. The molecule has 3 aromatic rings. The summed E-state index contributed by atoms with van der Waals surface area (Å²) in [5.41, 5.74) is 5.16. The lowest BCUT2D eigenvalue weighted by atomic mass is 9.98. The van der Waals surface area contributed by atoms with Gasteiger partial charge in [0.05, 0.1) is 6.10 Å². The van der Waals surface area contributed by atoms with Crippen LogP contribution in [0.1, 0.15) is 35.8 Å². The van der Waals surface area contributed by atoms with Crippen molar-refractivity contribution < 1.29 is 19.4 Å². The van der Waals surface area contributed by atoms with Gasteiger partial charge in [-0.2, -0.15) is 5.10 Å². The van der Waals surface area contributed by atoms with Gasteiger partial charge in [-0.15, -0.1) is 0 Å². The van der Waals surface area contributed by atoms with Crippen LogP contribution in [0.4, 0.5) is 0 Å². The standard InChI is InChI=1S/C24H27N3O4/c1-3-4-19(28)14-25-24(29)17-7-5-16(6-8-17)23-22(15(2)26-27-23)18-9-10-20-21(13-18)31-12-11-30-20/h5-10,13,19,28H,3-4,11-12,14H2,1-2H3,(H,25,29)(H,26,27). The zero-order valence-corrected chi connectivity index (χ0v) is 17.8. The van der Waals surface area contributed by atoms with Gasteiger partial charge in [0.1, 0.15) is 18.9 Å². The van der Waals surface area contributed by atoms with Crippen molar-refractivity contribution in [3.05, 3.63) is 53.7 Å². The summed E-state index contributed by atoms with van der Waals surface area (Å²) in [4.78, 5) is 12.4. The lowest BCUT2D eigenvalue weighted by Gasteiger charge is -2.19. The van der Waals surface area contributed by atoms with E-state index < -0.39 is 6.10 Å². The number of aliphatic hydroxyl groups is 1. The highest BCUT2D eigenvalue weighted by molar-refractivity contribution is 5.95. The molecule has 1 aliphatic rings. The van der Waals surface area contributed by atoms with E-state index in [9.17, 15) is 9.90 Å². The highest BCUT2D eigenvalue weighted by Gasteiger charge is 2.19. The van der Waals surface area contributed by atoms with Gasteiger partial charge in [0.25, 0.3) is 5.91 Å². The minimum Gasteiger partial charge on any atom is -0.486 e. The van der Waals surface area contributed by atoms with Gasteiger partial charge in [-0.3, -0.25) is 9.89 Å². The molecule has 7 heteroatoms. The Morgan fingerprint density at radius 1 is 1.13 bits per heavy atom. The number of aromatic amines is 1. The van der Waals surface area contributed by atoms with E-state index in [1.54, 1.807) is 12.1 Å². The molecule has 2 heterocycles. The number of amides is 1. The minimum absolute atomic E-state index is 0.202. The molecular formula is C24H27N3O4. The number of H-pyrrole nitrogens is 1. The van der Waals surface area contributed by atoms with Crippen molar-refractivity contribution in [1.29, 1.82) is 0 Å². The first-order valence-electron chi connectivity index (χ1n) is 10.6. The van der Waals surface area contributed by atoms with E-state index in [0.717, 1.165) is 46.0 Å². The molecule has 162 valence electrons. The maximum atomic E-state index is 12.4. The number of hydrogen-bond acceptors (Lipinski definition) is 5. The third-order valence-electron chi connectivity index (χ3n) is 5.32. The van der Waals surface area contributed by atoms with E-state index in [0.29, 0.717) is 25.2 Å². The van der Waals surface area contributed by atoms with Gasteiger partial charge < -0.3 is 19.9 Å². The third kappa shape index (κ3) is 4.56. The molecule has 0 radical (unpaired) electrons. The van der Waals surface area contributed by atoms with E-state index in [-0.39, 0.29) is 12.5 Å². The fourth-order valence-corrected chi connectivity index (χ4v) is 3.72. The lowest BCUT2D eigenvalue weighted by molar-refractivity contribution is 0.0910. The van der Waals surface area contributed by atoms with Crippen molar-refractivity contribution in [2.75, 3.05) is 19.8 Å². The number of ether oxygens (including phenoxy) is 2. The van der Waals surface area contributed by atoms with Gasteiger partial charge in [0.2, 0.25) is 0 Å². The minimum atomic E-state index is -0.520. The monoisotopic (exact) mass is 421 g/mol. The zero-order valence-electron chi connectivity index (χ0n) is 17.8. The second-order valence-corrected chi connectivity index (χ2v) is 7.66. The molecule has 1 unspecified atom stereocenters. The summed E-state index contributed by atoms with van der Waals surface area (Å²) in [6.07, 6.45) is 1.02. The molecule has 0 bridgehead atoms. The molecule has 0 aliphatic carbocycles. The summed E-state index contributed by atoms with van der Waals surface area (Å²) in [6.45, 7) is 5.32. The number of carbonyl (C=O) groups is 1. The van der Waals surface area contributed by atoms with E-state index >= 15 is 0 Å². The molecule has 0 saturated heterocycles. The van der Waals surface area contributed by atoms with Crippen LogP contribution in [0, 0.1) is 6.92 Å². The quantitative estimate of drug-likeness (QED) is 0.540. The molecule has 7 nitrogen and oxygen atoms in total. The molecule has 1 aromatic heterocycles.